The number of aryl methyl sites for hydroxylation is 2. The first-order valence-electron chi connectivity index (χ1n) is 9.28. The molecule has 138 valence electrons. The van der Waals surface area contributed by atoms with Crippen molar-refractivity contribution in [3.63, 3.8) is 0 Å². The maximum Gasteiger partial charge on any atom is 0.257 e. The van der Waals surface area contributed by atoms with Crippen molar-refractivity contribution in [2.75, 3.05) is 4.90 Å². The van der Waals surface area contributed by atoms with Gasteiger partial charge in [-0.3, -0.25) is 14.4 Å². The third-order valence-electron chi connectivity index (χ3n) is 5.19. The molecule has 1 heterocycles. The molecule has 0 bridgehead atoms. The van der Waals surface area contributed by atoms with Gasteiger partial charge in [0.2, 0.25) is 5.91 Å². The summed E-state index contributed by atoms with van der Waals surface area (Å²) in [5.41, 5.74) is 3.18. The van der Waals surface area contributed by atoms with Crippen molar-refractivity contribution in [2.45, 2.75) is 45.2 Å². The fourth-order valence-electron chi connectivity index (χ4n) is 3.64. The minimum atomic E-state index is -0.723. The minimum Gasteiger partial charge on any atom is -0.323 e. The number of amides is 3. The molecule has 1 aliphatic carbocycles. The van der Waals surface area contributed by atoms with Gasteiger partial charge in [-0.1, -0.05) is 35.4 Å². The van der Waals surface area contributed by atoms with Crippen molar-refractivity contribution in [2.24, 2.45) is 0 Å². The van der Waals surface area contributed by atoms with E-state index < -0.39 is 6.04 Å². The molecule has 27 heavy (non-hydrogen) atoms. The molecular weight excluding hydrogens is 340 g/mol. The smallest absolute Gasteiger partial charge is 0.257 e. The van der Waals surface area contributed by atoms with Crippen LogP contribution in [-0.4, -0.2) is 34.7 Å². The monoisotopic (exact) mass is 362 g/mol. The van der Waals surface area contributed by atoms with Crippen LogP contribution in [0.4, 0.5) is 5.69 Å². The third kappa shape index (κ3) is 3.25. The topological polar surface area (TPSA) is 57.7 Å². The summed E-state index contributed by atoms with van der Waals surface area (Å²) in [6.45, 7) is 3.89. The van der Waals surface area contributed by atoms with E-state index in [1.807, 2.05) is 44.2 Å². The minimum absolute atomic E-state index is 0.0396. The first-order chi connectivity index (χ1) is 13.0. The largest absolute Gasteiger partial charge is 0.323 e. The zero-order valence-electron chi connectivity index (χ0n) is 15.5. The molecule has 2 aromatic carbocycles. The van der Waals surface area contributed by atoms with Crippen LogP contribution in [0.3, 0.4) is 0 Å². The van der Waals surface area contributed by atoms with Gasteiger partial charge >= 0.3 is 0 Å². The molecule has 1 aliphatic heterocycles. The number of hydrogen-bond donors (Lipinski definition) is 0. The second-order valence-corrected chi connectivity index (χ2v) is 7.44. The number of anilines is 1. The average Bonchev–Trinajstić information content (AvgIpc) is 3.43. The van der Waals surface area contributed by atoms with E-state index in [1.54, 1.807) is 23.1 Å². The maximum absolute atomic E-state index is 13.1. The average molecular weight is 362 g/mol. The predicted molar refractivity (Wildman–Crippen MR) is 102 cm³/mol. The Hall–Kier alpha value is -2.95. The van der Waals surface area contributed by atoms with Crippen LogP contribution in [0, 0.1) is 13.8 Å². The number of nitrogens with zero attached hydrogens (tertiary/aromatic N) is 2. The molecule has 4 rings (SSSR count). The van der Waals surface area contributed by atoms with Crippen molar-refractivity contribution < 1.29 is 14.4 Å². The number of hydrogen-bond acceptors (Lipinski definition) is 3. The van der Waals surface area contributed by atoms with E-state index in [2.05, 4.69) is 0 Å². The maximum atomic E-state index is 13.1. The van der Waals surface area contributed by atoms with E-state index in [-0.39, 0.29) is 30.2 Å². The Morgan fingerprint density at radius 1 is 1.00 bits per heavy atom. The molecule has 5 nitrogen and oxygen atoms in total. The standard InChI is InChI=1S/C22H22N2O3/c1-14-6-8-18(9-7-14)24-20(25)13-19(22(24)27)23(17-10-11-17)21(26)16-5-3-4-15(2)12-16/h3-9,12,17,19H,10-11,13H2,1-2H3. The van der Waals surface area contributed by atoms with Crippen LogP contribution in [0.2, 0.25) is 0 Å². The Bertz CT molecular complexity index is 915. The zero-order chi connectivity index (χ0) is 19.1. The molecule has 1 unspecified atom stereocenters. The van der Waals surface area contributed by atoms with Crippen LogP contribution < -0.4 is 4.90 Å². The summed E-state index contributed by atoms with van der Waals surface area (Å²) in [6.07, 6.45) is 1.79. The van der Waals surface area contributed by atoms with Gasteiger partial charge in [0.15, 0.2) is 0 Å². The van der Waals surface area contributed by atoms with E-state index in [4.69, 9.17) is 0 Å². The van der Waals surface area contributed by atoms with Crippen molar-refractivity contribution in [1.29, 1.82) is 0 Å². The Balaban J connectivity index is 1.64. The predicted octanol–water partition coefficient (Wildman–Crippen LogP) is 3.24. The molecule has 2 aliphatic rings. The fourth-order valence-corrected chi connectivity index (χ4v) is 3.64. The van der Waals surface area contributed by atoms with Gasteiger partial charge in [0.1, 0.15) is 6.04 Å². The summed E-state index contributed by atoms with van der Waals surface area (Å²) in [7, 11) is 0. The van der Waals surface area contributed by atoms with Gasteiger partial charge in [-0.25, -0.2) is 4.90 Å². The Morgan fingerprint density at radius 2 is 1.70 bits per heavy atom. The summed E-state index contributed by atoms with van der Waals surface area (Å²) < 4.78 is 0. The van der Waals surface area contributed by atoms with E-state index in [0.717, 1.165) is 24.0 Å². The Morgan fingerprint density at radius 3 is 2.33 bits per heavy atom. The van der Waals surface area contributed by atoms with Crippen molar-refractivity contribution in [3.05, 3.63) is 65.2 Å². The van der Waals surface area contributed by atoms with Crippen LogP contribution >= 0.6 is 0 Å². The molecule has 1 saturated heterocycles. The lowest BCUT2D eigenvalue weighted by Crippen LogP contribution is -2.46. The number of carbonyl (C=O) groups is 3. The van der Waals surface area contributed by atoms with Crippen molar-refractivity contribution in [1.82, 2.24) is 4.90 Å². The SMILES string of the molecule is Cc1ccc(N2C(=O)CC(N(C(=O)c3cccc(C)c3)C3CC3)C2=O)cc1. The molecule has 0 aromatic heterocycles. The van der Waals surface area contributed by atoms with Crippen LogP contribution in [-0.2, 0) is 9.59 Å². The van der Waals surface area contributed by atoms with Crippen molar-refractivity contribution in [3.8, 4) is 0 Å². The number of imide groups is 1. The third-order valence-corrected chi connectivity index (χ3v) is 5.19. The second kappa shape index (κ2) is 6.65. The number of rotatable bonds is 4. The quantitative estimate of drug-likeness (QED) is 0.785. The summed E-state index contributed by atoms with van der Waals surface area (Å²) in [5.74, 6) is -0.730. The van der Waals surface area contributed by atoms with E-state index >= 15 is 0 Å². The Kier molecular flexibility index (Phi) is 4.30. The number of carbonyl (C=O) groups excluding carboxylic acids is 3. The highest BCUT2D eigenvalue weighted by Gasteiger charge is 2.48. The Labute approximate surface area is 158 Å². The van der Waals surface area contributed by atoms with E-state index in [0.29, 0.717) is 11.3 Å². The summed E-state index contributed by atoms with van der Waals surface area (Å²) in [5, 5.41) is 0. The van der Waals surface area contributed by atoms with Gasteiger partial charge in [0.25, 0.3) is 11.8 Å². The first kappa shape index (κ1) is 17.5. The van der Waals surface area contributed by atoms with Gasteiger partial charge in [-0.15, -0.1) is 0 Å². The molecule has 0 N–H and O–H groups in total. The molecule has 2 aromatic rings. The molecule has 2 fully saturated rings. The highest BCUT2D eigenvalue weighted by atomic mass is 16.2. The molecule has 0 radical (unpaired) electrons. The van der Waals surface area contributed by atoms with Gasteiger partial charge in [-0.2, -0.15) is 0 Å². The van der Waals surface area contributed by atoms with Crippen LogP contribution in [0.1, 0.15) is 40.7 Å². The van der Waals surface area contributed by atoms with E-state index in [9.17, 15) is 14.4 Å². The van der Waals surface area contributed by atoms with Gasteiger partial charge in [-0.05, 0) is 51.0 Å². The number of benzene rings is 2. The van der Waals surface area contributed by atoms with E-state index in [1.165, 1.54) is 4.90 Å². The van der Waals surface area contributed by atoms with Gasteiger partial charge < -0.3 is 4.90 Å². The normalized spacial score (nSPS) is 19.5. The lowest BCUT2D eigenvalue weighted by atomic mass is 10.1. The lowest BCUT2D eigenvalue weighted by Gasteiger charge is -2.28. The highest BCUT2D eigenvalue weighted by molar-refractivity contribution is 6.23. The molecule has 5 heteroatoms. The van der Waals surface area contributed by atoms with Crippen LogP contribution in [0.25, 0.3) is 0 Å². The van der Waals surface area contributed by atoms with Gasteiger partial charge in [0, 0.05) is 11.6 Å². The first-order valence-corrected chi connectivity index (χ1v) is 9.28. The van der Waals surface area contributed by atoms with Crippen molar-refractivity contribution >= 4 is 23.4 Å². The van der Waals surface area contributed by atoms with Crippen LogP contribution in [0.5, 0.6) is 0 Å². The highest BCUT2D eigenvalue weighted by Crippen LogP contribution is 2.35. The molecule has 0 spiro atoms. The van der Waals surface area contributed by atoms with Crippen LogP contribution in [0.15, 0.2) is 48.5 Å². The molecular formula is C22H22N2O3. The lowest BCUT2D eigenvalue weighted by molar-refractivity contribution is -0.122. The summed E-state index contributed by atoms with van der Waals surface area (Å²) >= 11 is 0. The summed E-state index contributed by atoms with van der Waals surface area (Å²) in [6, 6.07) is 14.0. The molecule has 1 saturated carbocycles. The molecule has 3 amide bonds. The zero-order valence-corrected chi connectivity index (χ0v) is 15.5. The fraction of sp³-hybridized carbons (Fsp3) is 0.318. The molecule has 1 atom stereocenters. The second-order valence-electron chi connectivity index (χ2n) is 7.44. The van der Waals surface area contributed by atoms with Gasteiger partial charge in [0.05, 0.1) is 12.1 Å². The summed E-state index contributed by atoms with van der Waals surface area (Å²) in [4.78, 5) is 41.7.